The van der Waals surface area contributed by atoms with E-state index < -0.39 is 11.9 Å². The zero-order valence-electron chi connectivity index (χ0n) is 25.8. The molecule has 0 aromatic carbocycles. The Balaban J connectivity index is 0. The van der Waals surface area contributed by atoms with Gasteiger partial charge in [0, 0.05) is 12.8 Å². The lowest BCUT2D eigenvalue weighted by molar-refractivity contribution is -0.138. The molecule has 0 aliphatic rings. The van der Waals surface area contributed by atoms with Crippen molar-refractivity contribution in [1.82, 2.24) is 0 Å². The third-order valence-electron chi connectivity index (χ3n) is 6.18. The molecule has 228 valence electrons. The van der Waals surface area contributed by atoms with E-state index in [1.807, 2.05) is 0 Å². The van der Waals surface area contributed by atoms with Gasteiger partial charge < -0.3 is 10.2 Å². The second-order valence-corrected chi connectivity index (χ2v) is 10.2. The highest BCUT2D eigenvalue weighted by Crippen LogP contribution is 2.08. The van der Waals surface area contributed by atoms with Crippen LogP contribution in [0.3, 0.4) is 0 Å². The monoisotopic (exact) mass is 556 g/mol. The fourth-order valence-corrected chi connectivity index (χ4v) is 3.74. The maximum absolute atomic E-state index is 10.3. The number of carboxylic acid groups (broad SMARTS) is 2. The molecule has 0 heterocycles. The molecule has 4 nitrogen and oxygen atoms in total. The van der Waals surface area contributed by atoms with Crippen molar-refractivity contribution in [3.8, 4) is 0 Å². The Morgan fingerprint density at radius 1 is 0.400 bits per heavy atom. The van der Waals surface area contributed by atoms with Crippen LogP contribution in [0.2, 0.25) is 0 Å². The van der Waals surface area contributed by atoms with Crippen LogP contribution in [-0.2, 0) is 9.59 Å². The molecule has 0 spiro atoms. The van der Waals surface area contributed by atoms with Crippen molar-refractivity contribution in [3.05, 3.63) is 72.9 Å². The van der Waals surface area contributed by atoms with Gasteiger partial charge in [0.1, 0.15) is 0 Å². The van der Waals surface area contributed by atoms with Gasteiger partial charge in [0.05, 0.1) is 0 Å². The Bertz CT molecular complexity index is 663. The first-order valence-corrected chi connectivity index (χ1v) is 15.9. The fourth-order valence-electron chi connectivity index (χ4n) is 3.74. The van der Waals surface area contributed by atoms with Gasteiger partial charge in [-0.2, -0.15) is 0 Å². The highest BCUT2D eigenvalue weighted by atomic mass is 16.4. The summed E-state index contributed by atoms with van der Waals surface area (Å²) in [6.07, 6.45) is 46.7. The second kappa shape index (κ2) is 36.4. The first kappa shape index (κ1) is 39.5. The number of aliphatic carboxylic acids is 2. The molecular weight excluding hydrogens is 496 g/mol. The summed E-state index contributed by atoms with van der Waals surface area (Å²) in [6, 6.07) is 0. The van der Waals surface area contributed by atoms with Crippen molar-refractivity contribution in [1.29, 1.82) is 0 Å². The maximum Gasteiger partial charge on any atom is 0.303 e. The molecular formula is C36H60O4. The van der Waals surface area contributed by atoms with Gasteiger partial charge in [0.2, 0.25) is 0 Å². The molecule has 0 aromatic rings. The van der Waals surface area contributed by atoms with Crippen LogP contribution in [0.5, 0.6) is 0 Å². The largest absolute Gasteiger partial charge is 0.481 e. The van der Waals surface area contributed by atoms with Crippen LogP contribution in [0.15, 0.2) is 72.9 Å². The van der Waals surface area contributed by atoms with Crippen molar-refractivity contribution < 1.29 is 19.8 Å². The van der Waals surface area contributed by atoms with Crippen molar-refractivity contribution in [2.24, 2.45) is 0 Å². The van der Waals surface area contributed by atoms with E-state index in [9.17, 15) is 9.59 Å². The topological polar surface area (TPSA) is 74.6 Å². The highest BCUT2D eigenvalue weighted by Gasteiger charge is 1.96. The number of allylic oxidation sites excluding steroid dienone is 12. The number of carbonyl (C=O) groups is 2. The predicted octanol–water partition coefficient (Wildman–Crippen LogP) is 11.3. The molecule has 0 bridgehead atoms. The smallest absolute Gasteiger partial charge is 0.303 e. The van der Waals surface area contributed by atoms with Crippen molar-refractivity contribution in [2.75, 3.05) is 0 Å². The summed E-state index contributed by atoms with van der Waals surface area (Å²) in [5.74, 6) is -1.35. The Morgan fingerprint density at radius 3 is 0.975 bits per heavy atom. The van der Waals surface area contributed by atoms with Crippen LogP contribution in [0.25, 0.3) is 0 Å². The molecule has 0 aliphatic heterocycles. The number of hydrogen-bond donors (Lipinski definition) is 2. The van der Waals surface area contributed by atoms with Crippen molar-refractivity contribution >= 4 is 11.9 Å². The first-order valence-electron chi connectivity index (χ1n) is 15.9. The van der Waals surface area contributed by atoms with Gasteiger partial charge in [0.15, 0.2) is 0 Å². The van der Waals surface area contributed by atoms with Crippen LogP contribution in [0.1, 0.15) is 142 Å². The van der Waals surface area contributed by atoms with E-state index in [-0.39, 0.29) is 0 Å². The van der Waals surface area contributed by atoms with Gasteiger partial charge in [-0.1, -0.05) is 151 Å². The lowest BCUT2D eigenvalue weighted by Gasteiger charge is -1.97. The third kappa shape index (κ3) is 42.5. The molecule has 0 saturated heterocycles. The van der Waals surface area contributed by atoms with Crippen LogP contribution in [0.4, 0.5) is 0 Å². The summed E-state index contributed by atoms with van der Waals surface area (Å²) in [7, 11) is 0. The normalized spacial score (nSPS) is 12.1. The number of rotatable bonds is 26. The van der Waals surface area contributed by atoms with E-state index in [0.717, 1.165) is 51.4 Å². The zero-order valence-corrected chi connectivity index (χ0v) is 25.8. The molecule has 0 aromatic heterocycles. The maximum atomic E-state index is 10.3. The van der Waals surface area contributed by atoms with Gasteiger partial charge in [0.25, 0.3) is 0 Å². The van der Waals surface area contributed by atoms with Gasteiger partial charge in [-0.3, -0.25) is 9.59 Å². The van der Waals surface area contributed by atoms with Crippen molar-refractivity contribution in [3.63, 3.8) is 0 Å². The summed E-state index contributed by atoms with van der Waals surface area (Å²) >= 11 is 0. The molecule has 40 heavy (non-hydrogen) atoms. The van der Waals surface area contributed by atoms with Gasteiger partial charge in [-0.05, 0) is 51.4 Å². The van der Waals surface area contributed by atoms with E-state index in [1.54, 1.807) is 0 Å². The Kier molecular flexibility index (Phi) is 35.9. The summed E-state index contributed by atoms with van der Waals surface area (Å²) in [5, 5.41) is 17.0. The summed E-state index contributed by atoms with van der Waals surface area (Å²) in [6.45, 7) is 4.41. The van der Waals surface area contributed by atoms with Crippen LogP contribution < -0.4 is 0 Å². The predicted molar refractivity (Wildman–Crippen MR) is 174 cm³/mol. The molecule has 0 saturated carbocycles. The highest BCUT2D eigenvalue weighted by molar-refractivity contribution is 5.66. The molecule has 0 rings (SSSR count). The average Bonchev–Trinajstić information content (AvgIpc) is 2.93. The Labute approximate surface area is 246 Å². The third-order valence-corrected chi connectivity index (χ3v) is 6.18. The number of unbranched alkanes of at least 4 members (excludes halogenated alkanes) is 14. The number of carboxylic acids is 2. The van der Waals surface area contributed by atoms with Crippen LogP contribution in [-0.4, -0.2) is 22.2 Å². The van der Waals surface area contributed by atoms with Crippen molar-refractivity contribution in [2.45, 2.75) is 142 Å². The molecule has 0 radical (unpaired) electrons. The first-order chi connectivity index (χ1) is 19.5. The van der Waals surface area contributed by atoms with Gasteiger partial charge in [-0.25, -0.2) is 0 Å². The SMILES string of the molecule is CCCC\C=C/C=C/C=C\CCCCCCCC(=O)O.CCCC\C=C/C=C/C=C\CCCCCCCC(=O)O. The minimum absolute atomic E-state index is 0.316. The number of hydrogen-bond acceptors (Lipinski definition) is 2. The Hall–Kier alpha value is -2.62. The van der Waals surface area contributed by atoms with E-state index >= 15 is 0 Å². The fraction of sp³-hybridized carbons (Fsp3) is 0.611. The summed E-state index contributed by atoms with van der Waals surface area (Å²) < 4.78 is 0. The van der Waals surface area contributed by atoms with E-state index in [0.29, 0.717) is 12.8 Å². The lowest BCUT2D eigenvalue weighted by atomic mass is 10.1. The second-order valence-electron chi connectivity index (χ2n) is 10.2. The summed E-state index contributed by atoms with van der Waals surface area (Å²) in [4.78, 5) is 20.6. The molecule has 0 amide bonds. The minimum Gasteiger partial charge on any atom is -0.481 e. The Morgan fingerprint density at radius 2 is 0.675 bits per heavy atom. The zero-order chi connectivity index (χ0) is 29.8. The minimum atomic E-state index is -0.677. The van der Waals surface area contributed by atoms with Gasteiger partial charge in [-0.15, -0.1) is 0 Å². The molecule has 0 aliphatic carbocycles. The molecule has 4 heteroatoms. The standard InChI is InChI=1S/2C18H30O2/c2*1-2-3-4-5-6-7-8-9-10-11-12-13-14-15-16-17-18(19)20/h2*5-10H,2-4,11-17H2,1H3,(H,19,20)/b2*6-5-,8-7+,10-9-. The van der Waals surface area contributed by atoms with E-state index in [4.69, 9.17) is 10.2 Å². The van der Waals surface area contributed by atoms with Crippen LogP contribution >= 0.6 is 0 Å². The van der Waals surface area contributed by atoms with E-state index in [1.165, 1.54) is 64.2 Å². The van der Waals surface area contributed by atoms with E-state index in [2.05, 4.69) is 86.8 Å². The quantitative estimate of drug-likeness (QED) is 0.0820. The lowest BCUT2D eigenvalue weighted by Crippen LogP contribution is -1.93. The molecule has 0 atom stereocenters. The summed E-state index contributed by atoms with van der Waals surface area (Å²) in [5.41, 5.74) is 0. The molecule has 2 N–H and O–H groups in total. The molecule has 0 fully saturated rings. The van der Waals surface area contributed by atoms with Gasteiger partial charge >= 0.3 is 11.9 Å². The van der Waals surface area contributed by atoms with Crippen LogP contribution in [0, 0.1) is 0 Å². The molecule has 0 unspecified atom stereocenters. The average molecular weight is 557 g/mol.